The average Bonchev–Trinajstić information content (AvgIpc) is 2.57. The van der Waals surface area contributed by atoms with Gasteiger partial charge in [-0.3, -0.25) is 4.79 Å². The minimum absolute atomic E-state index is 0.0602. The van der Waals surface area contributed by atoms with Crippen LogP contribution < -0.4 is 5.32 Å². The van der Waals surface area contributed by atoms with Crippen molar-refractivity contribution in [1.82, 2.24) is 5.32 Å². The second kappa shape index (κ2) is 4.81. The molecule has 1 N–H and O–H groups in total. The number of halogens is 1. The molecule has 1 fully saturated rings. The van der Waals surface area contributed by atoms with Crippen molar-refractivity contribution in [1.29, 1.82) is 0 Å². The van der Waals surface area contributed by atoms with Gasteiger partial charge in [0, 0.05) is 17.5 Å². The van der Waals surface area contributed by atoms with E-state index in [0.717, 1.165) is 13.0 Å². The Balaban J connectivity index is 1.85. The zero-order valence-electron chi connectivity index (χ0n) is 10.4. The van der Waals surface area contributed by atoms with Crippen LogP contribution in [0.2, 0.25) is 0 Å². The lowest BCUT2D eigenvalue weighted by molar-refractivity contribution is 0.0907. The van der Waals surface area contributed by atoms with Crippen LogP contribution >= 0.6 is 0 Å². The van der Waals surface area contributed by atoms with Crippen LogP contribution in [0.4, 0.5) is 4.39 Å². The first-order valence-corrected chi connectivity index (χ1v) is 6.82. The van der Waals surface area contributed by atoms with E-state index in [1.807, 2.05) is 0 Å². The number of hydrogen-bond donors (Lipinski definition) is 1. The summed E-state index contributed by atoms with van der Waals surface area (Å²) in [5, 5.41) is 3.46. The molecule has 1 saturated heterocycles. The average molecular weight is 247 g/mol. The molecule has 2 atom stereocenters. The molecule has 3 heteroatoms. The predicted molar refractivity (Wildman–Crippen MR) is 68.2 cm³/mol. The van der Waals surface area contributed by atoms with E-state index in [-0.39, 0.29) is 23.6 Å². The first-order valence-electron chi connectivity index (χ1n) is 6.82. The van der Waals surface area contributed by atoms with Crippen molar-refractivity contribution in [3.63, 3.8) is 0 Å². The Morgan fingerprint density at radius 1 is 1.22 bits per heavy atom. The number of carbonyl (C=O) groups is 1. The summed E-state index contributed by atoms with van der Waals surface area (Å²) in [7, 11) is 0. The quantitative estimate of drug-likeness (QED) is 0.826. The van der Waals surface area contributed by atoms with Gasteiger partial charge in [0.25, 0.3) is 0 Å². The Morgan fingerprint density at radius 3 is 2.94 bits per heavy atom. The fourth-order valence-electron chi connectivity index (χ4n) is 3.23. The maximum Gasteiger partial charge on any atom is 0.168 e. The molecule has 0 radical (unpaired) electrons. The van der Waals surface area contributed by atoms with Crippen molar-refractivity contribution in [2.75, 3.05) is 6.54 Å². The Morgan fingerprint density at radius 2 is 2.11 bits per heavy atom. The van der Waals surface area contributed by atoms with Gasteiger partial charge in [-0.2, -0.15) is 0 Å². The second-order valence-electron chi connectivity index (χ2n) is 5.35. The standard InChI is InChI=1S/C15H18FNO/c16-13-6-4-5-10-11(13)9-12(15(10)18)14-7-2-1-3-8-17-14/h4-6,12,14,17H,1-3,7-9H2. The smallest absolute Gasteiger partial charge is 0.168 e. The molecule has 18 heavy (non-hydrogen) atoms. The van der Waals surface area contributed by atoms with Crippen LogP contribution in [0.5, 0.6) is 0 Å². The van der Waals surface area contributed by atoms with Gasteiger partial charge in [0.05, 0.1) is 0 Å². The van der Waals surface area contributed by atoms with Crippen LogP contribution in [0.1, 0.15) is 41.6 Å². The molecule has 2 aliphatic rings. The molecule has 1 aromatic rings. The van der Waals surface area contributed by atoms with E-state index in [0.29, 0.717) is 17.5 Å². The summed E-state index contributed by atoms with van der Waals surface area (Å²) < 4.78 is 13.7. The van der Waals surface area contributed by atoms with E-state index in [2.05, 4.69) is 5.32 Å². The largest absolute Gasteiger partial charge is 0.313 e. The van der Waals surface area contributed by atoms with E-state index in [4.69, 9.17) is 0 Å². The van der Waals surface area contributed by atoms with Crippen molar-refractivity contribution in [2.45, 2.75) is 38.1 Å². The summed E-state index contributed by atoms with van der Waals surface area (Å²) in [5.41, 5.74) is 1.23. The van der Waals surface area contributed by atoms with E-state index >= 15 is 0 Å². The van der Waals surface area contributed by atoms with Crippen LogP contribution in [0, 0.1) is 11.7 Å². The number of fused-ring (bicyclic) bond motifs is 1. The van der Waals surface area contributed by atoms with Gasteiger partial charge in [0.1, 0.15) is 5.82 Å². The summed E-state index contributed by atoms with van der Waals surface area (Å²) in [6, 6.07) is 5.08. The van der Waals surface area contributed by atoms with E-state index in [1.54, 1.807) is 12.1 Å². The zero-order chi connectivity index (χ0) is 12.5. The number of Topliss-reactive ketones (excluding diaryl/α,β-unsaturated/α-hetero) is 1. The van der Waals surface area contributed by atoms with Gasteiger partial charge >= 0.3 is 0 Å². The molecule has 1 aliphatic heterocycles. The third-order valence-electron chi connectivity index (χ3n) is 4.23. The molecule has 1 aromatic carbocycles. The number of benzene rings is 1. The molecule has 1 aliphatic carbocycles. The van der Waals surface area contributed by atoms with Gasteiger partial charge in [-0.05, 0) is 37.4 Å². The van der Waals surface area contributed by atoms with Gasteiger partial charge in [-0.25, -0.2) is 4.39 Å². The van der Waals surface area contributed by atoms with E-state index in [1.165, 1.54) is 25.3 Å². The lowest BCUT2D eigenvalue weighted by Gasteiger charge is -2.21. The van der Waals surface area contributed by atoms with Gasteiger partial charge in [0.15, 0.2) is 5.78 Å². The lowest BCUT2D eigenvalue weighted by Crippen LogP contribution is -2.38. The molecule has 0 bridgehead atoms. The molecule has 0 saturated carbocycles. The lowest BCUT2D eigenvalue weighted by atomic mass is 9.92. The van der Waals surface area contributed by atoms with E-state index in [9.17, 15) is 9.18 Å². The van der Waals surface area contributed by atoms with Crippen molar-refractivity contribution in [3.8, 4) is 0 Å². The SMILES string of the molecule is O=C1c2cccc(F)c2CC1C1CCCCCN1. The summed E-state index contributed by atoms with van der Waals surface area (Å²) >= 11 is 0. The maximum atomic E-state index is 13.7. The first kappa shape index (κ1) is 11.8. The van der Waals surface area contributed by atoms with Crippen molar-refractivity contribution < 1.29 is 9.18 Å². The number of nitrogens with one attached hydrogen (secondary N) is 1. The van der Waals surface area contributed by atoms with Gasteiger partial charge in [0.2, 0.25) is 0 Å². The molecule has 96 valence electrons. The Labute approximate surface area is 107 Å². The third-order valence-corrected chi connectivity index (χ3v) is 4.23. The third kappa shape index (κ3) is 1.97. The van der Waals surface area contributed by atoms with Crippen LogP contribution in [0.25, 0.3) is 0 Å². The summed E-state index contributed by atoms with van der Waals surface area (Å²) in [6.07, 6.45) is 5.18. The minimum Gasteiger partial charge on any atom is -0.313 e. The van der Waals surface area contributed by atoms with Crippen LogP contribution in [0.3, 0.4) is 0 Å². The molecular weight excluding hydrogens is 229 g/mol. The first-order chi connectivity index (χ1) is 8.77. The highest BCUT2D eigenvalue weighted by Gasteiger charge is 2.37. The number of hydrogen-bond acceptors (Lipinski definition) is 2. The maximum absolute atomic E-state index is 13.7. The monoisotopic (exact) mass is 247 g/mol. The molecule has 0 spiro atoms. The van der Waals surface area contributed by atoms with Gasteiger partial charge in [-0.1, -0.05) is 25.0 Å². The number of ketones is 1. The summed E-state index contributed by atoms with van der Waals surface area (Å²) in [6.45, 7) is 0.979. The topological polar surface area (TPSA) is 29.1 Å². The minimum atomic E-state index is -0.225. The predicted octanol–water partition coefficient (Wildman–Crippen LogP) is 2.71. The highest BCUT2D eigenvalue weighted by atomic mass is 19.1. The molecule has 2 unspecified atom stereocenters. The molecule has 2 nitrogen and oxygen atoms in total. The normalized spacial score (nSPS) is 27.9. The fraction of sp³-hybridized carbons (Fsp3) is 0.533. The van der Waals surface area contributed by atoms with Gasteiger partial charge in [-0.15, -0.1) is 0 Å². The zero-order valence-corrected chi connectivity index (χ0v) is 10.4. The Bertz CT molecular complexity index is 464. The van der Waals surface area contributed by atoms with Crippen molar-refractivity contribution in [2.24, 2.45) is 5.92 Å². The number of rotatable bonds is 1. The molecular formula is C15H18FNO. The van der Waals surface area contributed by atoms with Crippen LogP contribution in [-0.2, 0) is 6.42 Å². The van der Waals surface area contributed by atoms with E-state index < -0.39 is 0 Å². The van der Waals surface area contributed by atoms with Crippen molar-refractivity contribution >= 4 is 5.78 Å². The fourth-order valence-corrected chi connectivity index (χ4v) is 3.23. The molecule has 0 aromatic heterocycles. The Hall–Kier alpha value is -1.22. The molecule has 0 amide bonds. The van der Waals surface area contributed by atoms with Crippen LogP contribution in [-0.4, -0.2) is 18.4 Å². The highest BCUT2D eigenvalue weighted by molar-refractivity contribution is 6.02. The summed E-state index contributed by atoms with van der Waals surface area (Å²) in [5.74, 6) is -0.157. The Kier molecular flexibility index (Phi) is 3.16. The number of carbonyl (C=O) groups excluding carboxylic acids is 1. The summed E-state index contributed by atoms with van der Waals surface area (Å²) in [4.78, 5) is 12.4. The van der Waals surface area contributed by atoms with Crippen LogP contribution in [0.15, 0.2) is 18.2 Å². The molecule has 1 heterocycles. The molecule has 3 rings (SSSR count). The highest BCUT2D eigenvalue weighted by Crippen LogP contribution is 2.32. The second-order valence-corrected chi connectivity index (χ2v) is 5.35. The van der Waals surface area contributed by atoms with Crippen molar-refractivity contribution in [3.05, 3.63) is 35.1 Å². The van der Waals surface area contributed by atoms with Gasteiger partial charge < -0.3 is 5.32 Å².